The van der Waals surface area contributed by atoms with Gasteiger partial charge in [0.2, 0.25) is 5.78 Å². The molecule has 0 bridgehead atoms. The smallest absolute Gasteiger partial charge is 0.202 e. The predicted molar refractivity (Wildman–Crippen MR) is 135 cm³/mol. The van der Waals surface area contributed by atoms with Crippen LogP contribution < -0.4 is 10.5 Å². The molecule has 2 aromatic carbocycles. The minimum Gasteiger partial charge on any atom is -0.507 e. The Kier molecular flexibility index (Phi) is 7.21. The van der Waals surface area contributed by atoms with Crippen molar-refractivity contribution in [1.82, 2.24) is 0 Å². The third-order valence-electron chi connectivity index (χ3n) is 7.99. The lowest BCUT2D eigenvalue weighted by atomic mass is 9.78. The van der Waals surface area contributed by atoms with Gasteiger partial charge in [-0.25, -0.2) is 0 Å². The molecule has 0 amide bonds. The summed E-state index contributed by atoms with van der Waals surface area (Å²) in [5.74, 6) is -3.50. The zero-order valence-corrected chi connectivity index (χ0v) is 21.5. The first-order valence-electron chi connectivity index (χ1n) is 12.8. The van der Waals surface area contributed by atoms with Gasteiger partial charge in [0.1, 0.15) is 23.9 Å². The number of hydrogen-bond donors (Lipinski definition) is 5. The van der Waals surface area contributed by atoms with Gasteiger partial charge in [0.05, 0.1) is 42.1 Å². The van der Waals surface area contributed by atoms with Crippen molar-refractivity contribution in [3.8, 4) is 17.2 Å². The highest BCUT2D eigenvalue weighted by molar-refractivity contribution is 6.31. The van der Waals surface area contributed by atoms with Gasteiger partial charge in [-0.1, -0.05) is 12.1 Å². The van der Waals surface area contributed by atoms with Gasteiger partial charge in [0, 0.05) is 35.1 Å². The summed E-state index contributed by atoms with van der Waals surface area (Å²) in [6.07, 6.45) is -2.95. The molecule has 0 saturated carbocycles. The van der Waals surface area contributed by atoms with E-state index in [4.69, 9.17) is 19.9 Å². The number of phenolic OH excluding ortho intramolecular Hbond substituents is 2. The first-order valence-corrected chi connectivity index (χ1v) is 12.8. The highest BCUT2D eigenvalue weighted by Gasteiger charge is 2.43. The molecule has 1 saturated heterocycles. The van der Waals surface area contributed by atoms with E-state index >= 15 is 0 Å². The second-order valence-electron chi connectivity index (χ2n) is 10.3. The van der Waals surface area contributed by atoms with E-state index in [9.17, 15) is 34.8 Å². The molecule has 39 heavy (non-hydrogen) atoms. The van der Waals surface area contributed by atoms with Gasteiger partial charge >= 0.3 is 0 Å². The number of Topliss-reactive ketones (excluding diaryl/α,β-unsaturated/α-hetero) is 1. The number of ketones is 3. The average Bonchev–Trinajstić information content (AvgIpc) is 3.11. The van der Waals surface area contributed by atoms with Crippen molar-refractivity contribution in [2.24, 2.45) is 11.7 Å². The van der Waals surface area contributed by atoms with E-state index in [0.717, 1.165) is 0 Å². The summed E-state index contributed by atoms with van der Waals surface area (Å²) < 4.78 is 17.3. The topological polar surface area (TPSA) is 186 Å². The van der Waals surface area contributed by atoms with E-state index in [-0.39, 0.29) is 64.8 Å². The molecule has 0 radical (unpaired) electrons. The third-order valence-corrected chi connectivity index (χ3v) is 7.99. The summed E-state index contributed by atoms with van der Waals surface area (Å²) in [6, 6.07) is 3.86. The number of aromatic hydroxyl groups is 2. The van der Waals surface area contributed by atoms with E-state index in [1.807, 2.05) is 0 Å². The van der Waals surface area contributed by atoms with Crippen LogP contribution in [0.2, 0.25) is 0 Å². The van der Waals surface area contributed by atoms with Crippen LogP contribution in [0.15, 0.2) is 18.2 Å². The van der Waals surface area contributed by atoms with E-state index < -0.39 is 72.0 Å². The van der Waals surface area contributed by atoms with Gasteiger partial charge in [-0.05, 0) is 32.3 Å². The SMILES string of the molecule is COc1cccc2c1C(=O)c1c(O)c3c(c(O)c1C2=O)C[C@@H](C(=O)CO)CC[C@@H]3OC1CC(N)C(O)C(C)O1. The quantitative estimate of drug-likeness (QED) is 0.231. The molecule has 6 N–H and O–H groups in total. The lowest BCUT2D eigenvalue weighted by Crippen LogP contribution is -2.51. The van der Waals surface area contributed by atoms with Gasteiger partial charge in [0.15, 0.2) is 17.9 Å². The lowest BCUT2D eigenvalue weighted by Gasteiger charge is -2.38. The van der Waals surface area contributed by atoms with Gasteiger partial charge in [0.25, 0.3) is 0 Å². The summed E-state index contributed by atoms with van der Waals surface area (Å²) in [4.78, 5) is 39.8. The highest BCUT2D eigenvalue weighted by atomic mass is 16.7. The van der Waals surface area contributed by atoms with Gasteiger partial charge < -0.3 is 40.4 Å². The molecule has 4 unspecified atom stereocenters. The lowest BCUT2D eigenvalue weighted by molar-refractivity contribution is -0.241. The predicted octanol–water partition coefficient (Wildman–Crippen LogP) is 1.28. The van der Waals surface area contributed by atoms with E-state index in [1.54, 1.807) is 13.0 Å². The van der Waals surface area contributed by atoms with Crippen molar-refractivity contribution >= 4 is 17.3 Å². The number of benzene rings is 2. The largest absolute Gasteiger partial charge is 0.507 e. The zero-order chi connectivity index (χ0) is 28.2. The van der Waals surface area contributed by atoms with Crippen molar-refractivity contribution in [2.45, 2.75) is 63.3 Å². The molecule has 11 heteroatoms. The van der Waals surface area contributed by atoms with E-state index in [1.165, 1.54) is 19.2 Å². The number of carbonyl (C=O) groups is 3. The Hall–Kier alpha value is -3.35. The molecule has 2 aromatic rings. The third kappa shape index (κ3) is 4.40. The number of ether oxygens (including phenoxy) is 3. The summed E-state index contributed by atoms with van der Waals surface area (Å²) in [5.41, 5.74) is 5.45. The Labute approximate surface area is 224 Å². The molecule has 11 nitrogen and oxygen atoms in total. The molecule has 208 valence electrons. The molecule has 5 rings (SSSR count). The number of aliphatic hydroxyl groups is 2. The monoisotopic (exact) mass is 541 g/mol. The standard InChI is InChI=1S/C28H31NO10/c1-11-24(32)15(29)9-19(38-11)39-18-7-6-12(16(31)10-30)8-14-21(18)28(36)23-22(26(14)34)25(33)13-4-3-5-17(37-2)20(13)27(23)35/h3-5,11-12,15,18-19,24,30,32,34,36H,6-10,29H2,1-2H3/t11?,12-,15?,18-,19?,24?/m0/s1. The molecular weight excluding hydrogens is 510 g/mol. The Morgan fingerprint density at radius 3 is 2.49 bits per heavy atom. The van der Waals surface area contributed by atoms with Crippen LogP contribution in [0, 0.1) is 5.92 Å². The number of carbonyl (C=O) groups excluding carboxylic acids is 3. The maximum Gasteiger partial charge on any atom is 0.202 e. The van der Waals surface area contributed by atoms with Crippen LogP contribution in [0.5, 0.6) is 17.2 Å². The highest BCUT2D eigenvalue weighted by Crippen LogP contribution is 2.50. The zero-order valence-electron chi connectivity index (χ0n) is 21.5. The van der Waals surface area contributed by atoms with Gasteiger partial charge in [-0.15, -0.1) is 0 Å². The normalized spacial score (nSPS) is 28.2. The Bertz CT molecular complexity index is 1340. The summed E-state index contributed by atoms with van der Waals surface area (Å²) in [5, 5.41) is 42.7. The molecule has 1 fully saturated rings. The second kappa shape index (κ2) is 10.3. The number of aliphatic hydroxyl groups excluding tert-OH is 2. The fourth-order valence-electron chi connectivity index (χ4n) is 5.91. The minimum atomic E-state index is -0.964. The molecule has 0 spiro atoms. The summed E-state index contributed by atoms with van der Waals surface area (Å²) >= 11 is 0. The molecular formula is C28H31NO10. The first-order chi connectivity index (χ1) is 18.6. The van der Waals surface area contributed by atoms with Crippen LogP contribution in [0.25, 0.3) is 0 Å². The van der Waals surface area contributed by atoms with Crippen LogP contribution in [0.3, 0.4) is 0 Å². The molecule has 1 aliphatic heterocycles. The Morgan fingerprint density at radius 1 is 1.10 bits per heavy atom. The fraction of sp³-hybridized carbons (Fsp3) is 0.464. The summed E-state index contributed by atoms with van der Waals surface area (Å²) in [6.45, 7) is 0.926. The van der Waals surface area contributed by atoms with Gasteiger partial charge in [-0.2, -0.15) is 0 Å². The fourth-order valence-corrected chi connectivity index (χ4v) is 5.91. The molecule has 3 aliphatic rings. The number of phenols is 2. The van der Waals surface area contributed by atoms with Crippen LogP contribution in [0.1, 0.15) is 75.3 Å². The maximum absolute atomic E-state index is 13.7. The number of rotatable bonds is 5. The number of hydrogen-bond acceptors (Lipinski definition) is 11. The molecule has 0 aromatic heterocycles. The molecule has 1 heterocycles. The Balaban J connectivity index is 1.67. The van der Waals surface area contributed by atoms with Crippen LogP contribution in [0.4, 0.5) is 0 Å². The minimum absolute atomic E-state index is 0.0167. The van der Waals surface area contributed by atoms with Crippen LogP contribution >= 0.6 is 0 Å². The molecule has 2 aliphatic carbocycles. The maximum atomic E-state index is 13.7. The van der Waals surface area contributed by atoms with E-state index in [0.29, 0.717) is 0 Å². The van der Waals surface area contributed by atoms with Crippen LogP contribution in [-0.4, -0.2) is 76.0 Å². The number of nitrogens with two attached hydrogens (primary N) is 1. The van der Waals surface area contributed by atoms with Crippen molar-refractivity contribution in [2.75, 3.05) is 13.7 Å². The molecule has 6 atom stereocenters. The number of methoxy groups -OCH3 is 1. The Morgan fingerprint density at radius 2 is 1.82 bits per heavy atom. The second-order valence-corrected chi connectivity index (χ2v) is 10.3. The average molecular weight is 542 g/mol. The number of fused-ring (bicyclic) bond motifs is 3. The summed E-state index contributed by atoms with van der Waals surface area (Å²) in [7, 11) is 1.35. The van der Waals surface area contributed by atoms with Crippen molar-refractivity contribution < 1.29 is 49.0 Å². The van der Waals surface area contributed by atoms with Gasteiger partial charge in [-0.3, -0.25) is 14.4 Å². The van der Waals surface area contributed by atoms with Crippen LogP contribution in [-0.2, 0) is 20.7 Å². The van der Waals surface area contributed by atoms with Crippen molar-refractivity contribution in [1.29, 1.82) is 0 Å². The van der Waals surface area contributed by atoms with E-state index in [2.05, 4.69) is 0 Å². The van der Waals surface area contributed by atoms with Crippen molar-refractivity contribution in [3.05, 3.63) is 51.6 Å². The van der Waals surface area contributed by atoms with Crippen molar-refractivity contribution in [3.63, 3.8) is 0 Å². The first kappa shape index (κ1) is 27.2.